The number of aryl methyl sites for hydroxylation is 1. The number of carbonyl (C=O) groups excluding carboxylic acids is 1. The number of hydrogen-bond acceptors (Lipinski definition) is 2. The minimum Gasteiger partial charge on any atom is -0.381 e. The molecule has 1 fully saturated rings. The Morgan fingerprint density at radius 1 is 1.44 bits per heavy atom. The van der Waals surface area contributed by atoms with Crippen LogP contribution < -0.4 is 5.32 Å². The van der Waals surface area contributed by atoms with E-state index in [-0.39, 0.29) is 18.1 Å². The number of benzene rings is 1. The number of rotatable bonds is 3. The van der Waals surface area contributed by atoms with Gasteiger partial charge in [-0.25, -0.2) is 0 Å². The molecule has 1 saturated carbocycles. The van der Waals surface area contributed by atoms with Gasteiger partial charge in [-0.2, -0.15) is 0 Å². The van der Waals surface area contributed by atoms with Crippen LogP contribution in [-0.4, -0.2) is 25.2 Å². The van der Waals surface area contributed by atoms with E-state index in [9.17, 15) is 4.79 Å². The number of amides is 1. The topological polar surface area (TPSA) is 38.3 Å². The molecule has 3 nitrogen and oxygen atoms in total. The second-order valence-electron chi connectivity index (χ2n) is 4.82. The Bertz CT molecular complexity index is 447. The average Bonchev–Trinajstić information content (AvgIpc) is 2.76. The molecule has 2 atom stereocenters. The van der Waals surface area contributed by atoms with Crippen LogP contribution in [0.1, 0.15) is 35.2 Å². The van der Waals surface area contributed by atoms with E-state index in [1.165, 1.54) is 0 Å². The fraction of sp³-hybridized carbons (Fsp3) is 0.500. The highest BCUT2D eigenvalue weighted by atomic mass is 79.9. The van der Waals surface area contributed by atoms with Crippen LogP contribution in [0.4, 0.5) is 0 Å². The lowest BCUT2D eigenvalue weighted by molar-refractivity contribution is 0.0914. The van der Waals surface area contributed by atoms with Gasteiger partial charge >= 0.3 is 0 Å². The third-order valence-corrected chi connectivity index (χ3v) is 4.08. The van der Waals surface area contributed by atoms with Crippen LogP contribution >= 0.6 is 15.9 Å². The summed E-state index contributed by atoms with van der Waals surface area (Å²) >= 11 is 3.44. The van der Waals surface area contributed by atoms with Gasteiger partial charge in [-0.05, 0) is 59.8 Å². The standard InChI is InChI=1S/C14H18BrNO2/c1-9-3-6-12(13(15)7-9)14(17)16-10-4-5-11(8-10)18-2/h3,6-7,10-11H,4-5,8H2,1-2H3,(H,16,17). The number of nitrogens with one attached hydrogen (secondary N) is 1. The molecule has 0 saturated heterocycles. The summed E-state index contributed by atoms with van der Waals surface area (Å²) in [5, 5.41) is 3.07. The molecular weight excluding hydrogens is 294 g/mol. The van der Waals surface area contributed by atoms with Crippen LogP contribution in [-0.2, 0) is 4.74 Å². The van der Waals surface area contributed by atoms with Gasteiger partial charge < -0.3 is 10.1 Å². The van der Waals surface area contributed by atoms with Crippen LogP contribution in [0.25, 0.3) is 0 Å². The fourth-order valence-corrected chi connectivity index (χ4v) is 3.03. The Hall–Kier alpha value is -0.870. The summed E-state index contributed by atoms with van der Waals surface area (Å²) < 4.78 is 6.16. The molecule has 0 heterocycles. The van der Waals surface area contributed by atoms with Crippen molar-refractivity contribution >= 4 is 21.8 Å². The zero-order valence-corrected chi connectivity index (χ0v) is 12.3. The normalized spacial score (nSPS) is 23.1. The first-order chi connectivity index (χ1) is 8.60. The molecule has 0 bridgehead atoms. The fourth-order valence-electron chi connectivity index (χ4n) is 2.35. The smallest absolute Gasteiger partial charge is 0.252 e. The van der Waals surface area contributed by atoms with Gasteiger partial charge in [-0.15, -0.1) is 0 Å². The Morgan fingerprint density at radius 3 is 2.83 bits per heavy atom. The van der Waals surface area contributed by atoms with E-state index in [0.717, 1.165) is 29.3 Å². The van der Waals surface area contributed by atoms with Gasteiger partial charge in [0.1, 0.15) is 0 Å². The van der Waals surface area contributed by atoms with Gasteiger partial charge in [0.25, 0.3) is 5.91 Å². The molecule has 0 aliphatic heterocycles. The predicted octanol–water partition coefficient (Wildman–Crippen LogP) is 3.05. The minimum absolute atomic E-state index is 0.0105. The van der Waals surface area contributed by atoms with Gasteiger partial charge in [-0.1, -0.05) is 6.07 Å². The highest BCUT2D eigenvalue weighted by Crippen LogP contribution is 2.23. The van der Waals surface area contributed by atoms with Crippen molar-refractivity contribution in [2.45, 2.75) is 38.3 Å². The lowest BCUT2D eigenvalue weighted by atomic mass is 10.1. The van der Waals surface area contributed by atoms with Gasteiger partial charge in [-0.3, -0.25) is 4.79 Å². The summed E-state index contributed by atoms with van der Waals surface area (Å²) in [5.74, 6) is -0.0105. The zero-order valence-electron chi connectivity index (χ0n) is 10.7. The molecule has 1 amide bonds. The summed E-state index contributed by atoms with van der Waals surface area (Å²) in [6.45, 7) is 2.01. The van der Waals surface area contributed by atoms with Crippen LogP contribution in [0.3, 0.4) is 0 Å². The number of halogens is 1. The van der Waals surface area contributed by atoms with Gasteiger partial charge in [0.15, 0.2) is 0 Å². The quantitative estimate of drug-likeness (QED) is 0.931. The maximum absolute atomic E-state index is 12.1. The molecule has 2 unspecified atom stereocenters. The molecular formula is C14H18BrNO2. The monoisotopic (exact) mass is 311 g/mol. The van der Waals surface area contributed by atoms with Crippen molar-refractivity contribution < 1.29 is 9.53 Å². The van der Waals surface area contributed by atoms with Crippen molar-refractivity contribution in [2.75, 3.05) is 7.11 Å². The Balaban J connectivity index is 2.00. The van der Waals surface area contributed by atoms with Gasteiger partial charge in [0.2, 0.25) is 0 Å². The second kappa shape index (κ2) is 5.85. The summed E-state index contributed by atoms with van der Waals surface area (Å²) in [7, 11) is 1.73. The van der Waals surface area contributed by atoms with E-state index >= 15 is 0 Å². The Kier molecular flexibility index (Phi) is 4.40. The first-order valence-electron chi connectivity index (χ1n) is 6.20. The number of ether oxygens (including phenoxy) is 1. The van der Waals surface area contributed by atoms with Crippen molar-refractivity contribution in [3.63, 3.8) is 0 Å². The number of methoxy groups -OCH3 is 1. The highest BCUT2D eigenvalue weighted by molar-refractivity contribution is 9.10. The maximum atomic E-state index is 12.1. The van der Waals surface area contributed by atoms with E-state index in [1.54, 1.807) is 7.11 Å². The highest BCUT2D eigenvalue weighted by Gasteiger charge is 2.26. The second-order valence-corrected chi connectivity index (χ2v) is 5.68. The summed E-state index contributed by atoms with van der Waals surface area (Å²) in [6.07, 6.45) is 3.22. The van der Waals surface area contributed by atoms with E-state index in [2.05, 4.69) is 21.2 Å². The molecule has 1 aromatic carbocycles. The molecule has 2 rings (SSSR count). The van der Waals surface area contributed by atoms with Crippen molar-refractivity contribution in [1.82, 2.24) is 5.32 Å². The third-order valence-electron chi connectivity index (χ3n) is 3.42. The van der Waals surface area contributed by atoms with Crippen LogP contribution in [0.5, 0.6) is 0 Å². The summed E-state index contributed by atoms with van der Waals surface area (Å²) in [6, 6.07) is 6.00. The number of carbonyl (C=O) groups is 1. The molecule has 98 valence electrons. The van der Waals surface area contributed by atoms with E-state index in [1.807, 2.05) is 25.1 Å². The molecule has 0 aromatic heterocycles. The molecule has 1 aliphatic carbocycles. The molecule has 18 heavy (non-hydrogen) atoms. The van der Waals surface area contributed by atoms with Crippen LogP contribution in [0.15, 0.2) is 22.7 Å². The SMILES string of the molecule is COC1CCC(NC(=O)c2ccc(C)cc2Br)C1. The zero-order chi connectivity index (χ0) is 13.1. The van der Waals surface area contributed by atoms with Crippen molar-refractivity contribution in [3.05, 3.63) is 33.8 Å². The molecule has 4 heteroatoms. The third kappa shape index (κ3) is 3.12. The maximum Gasteiger partial charge on any atom is 0.252 e. The van der Waals surface area contributed by atoms with E-state index in [4.69, 9.17) is 4.74 Å². The largest absolute Gasteiger partial charge is 0.381 e. The van der Waals surface area contributed by atoms with Crippen LogP contribution in [0.2, 0.25) is 0 Å². The summed E-state index contributed by atoms with van der Waals surface area (Å²) in [5.41, 5.74) is 1.83. The molecule has 1 aliphatic rings. The van der Waals surface area contributed by atoms with Gasteiger partial charge in [0.05, 0.1) is 11.7 Å². The average molecular weight is 312 g/mol. The van der Waals surface area contributed by atoms with Crippen molar-refractivity contribution in [3.8, 4) is 0 Å². The molecule has 1 N–H and O–H groups in total. The van der Waals surface area contributed by atoms with Crippen LogP contribution in [0, 0.1) is 6.92 Å². The predicted molar refractivity (Wildman–Crippen MR) is 74.8 cm³/mol. The van der Waals surface area contributed by atoms with Gasteiger partial charge in [0, 0.05) is 17.6 Å². The lowest BCUT2D eigenvalue weighted by Crippen LogP contribution is -2.33. The molecule has 1 aromatic rings. The van der Waals surface area contributed by atoms with E-state index < -0.39 is 0 Å². The lowest BCUT2D eigenvalue weighted by Gasteiger charge is -2.14. The first kappa shape index (κ1) is 13.6. The van der Waals surface area contributed by atoms with Crippen molar-refractivity contribution in [1.29, 1.82) is 0 Å². The molecule has 0 spiro atoms. The Labute approximate surface area is 116 Å². The van der Waals surface area contributed by atoms with E-state index in [0.29, 0.717) is 5.56 Å². The Morgan fingerprint density at radius 2 is 2.22 bits per heavy atom. The summed E-state index contributed by atoms with van der Waals surface area (Å²) in [4.78, 5) is 12.1. The minimum atomic E-state index is -0.0105. The van der Waals surface area contributed by atoms with Crippen molar-refractivity contribution in [2.24, 2.45) is 0 Å². The molecule has 0 radical (unpaired) electrons. The first-order valence-corrected chi connectivity index (χ1v) is 6.99. The number of hydrogen-bond donors (Lipinski definition) is 1.